The van der Waals surface area contributed by atoms with Crippen molar-refractivity contribution >= 4 is 11.8 Å². The molecule has 3 heteroatoms. The summed E-state index contributed by atoms with van der Waals surface area (Å²) in [6, 6.07) is 12.2. The van der Waals surface area contributed by atoms with Crippen LogP contribution >= 0.6 is 11.8 Å². The Bertz CT molecular complexity index is 482. The average Bonchev–Trinajstić information content (AvgIpc) is 2.38. The van der Waals surface area contributed by atoms with E-state index in [4.69, 9.17) is 5.11 Å². The maximum atomic E-state index is 8.93. The molecule has 0 amide bonds. The van der Waals surface area contributed by atoms with Gasteiger partial charge in [-0.05, 0) is 29.7 Å². The van der Waals surface area contributed by atoms with E-state index in [2.05, 4.69) is 36.2 Å². The molecular formula is C14H15NOS. The fourth-order valence-corrected chi connectivity index (χ4v) is 2.43. The molecule has 0 aliphatic rings. The van der Waals surface area contributed by atoms with Gasteiger partial charge in [-0.2, -0.15) is 0 Å². The smallest absolute Gasteiger partial charge is 0.0963 e. The highest BCUT2D eigenvalue weighted by atomic mass is 32.2. The van der Waals surface area contributed by atoms with Crippen LogP contribution in [0.4, 0.5) is 0 Å². The number of aliphatic hydroxyl groups excluding tert-OH is 1. The second kappa shape index (κ2) is 5.84. The number of benzene rings is 1. The number of hydrogen-bond acceptors (Lipinski definition) is 3. The molecule has 1 aromatic heterocycles. The van der Waals surface area contributed by atoms with Crippen LogP contribution in [0.5, 0.6) is 0 Å². The number of aliphatic hydroxyl groups is 1. The van der Waals surface area contributed by atoms with Gasteiger partial charge in [-0.1, -0.05) is 30.3 Å². The van der Waals surface area contributed by atoms with E-state index in [0.717, 1.165) is 16.3 Å². The van der Waals surface area contributed by atoms with Crippen LogP contribution in [-0.4, -0.2) is 10.1 Å². The van der Waals surface area contributed by atoms with Gasteiger partial charge in [0.2, 0.25) is 0 Å². The van der Waals surface area contributed by atoms with Crippen molar-refractivity contribution in [3.8, 4) is 0 Å². The average molecular weight is 245 g/mol. The third-order valence-corrected chi connectivity index (χ3v) is 3.61. The molecule has 2 nitrogen and oxygen atoms in total. The second-order valence-corrected chi connectivity index (χ2v) is 4.87. The van der Waals surface area contributed by atoms with Gasteiger partial charge < -0.3 is 5.11 Å². The molecule has 0 spiro atoms. The SMILES string of the molecule is Cc1ccccc1CSc1ccc(CO)cn1. The summed E-state index contributed by atoms with van der Waals surface area (Å²) in [7, 11) is 0. The number of aryl methyl sites for hydroxylation is 1. The summed E-state index contributed by atoms with van der Waals surface area (Å²) < 4.78 is 0. The first-order valence-electron chi connectivity index (χ1n) is 5.52. The Balaban J connectivity index is 2.00. The van der Waals surface area contributed by atoms with Crippen LogP contribution < -0.4 is 0 Å². The van der Waals surface area contributed by atoms with Crippen LogP contribution in [-0.2, 0) is 12.4 Å². The van der Waals surface area contributed by atoms with Crippen LogP contribution in [0, 0.1) is 6.92 Å². The number of pyridine rings is 1. The highest BCUT2D eigenvalue weighted by Gasteiger charge is 2.00. The maximum Gasteiger partial charge on any atom is 0.0963 e. The zero-order valence-corrected chi connectivity index (χ0v) is 10.6. The molecule has 0 unspecified atom stereocenters. The molecular weight excluding hydrogens is 230 g/mol. The van der Waals surface area contributed by atoms with Crippen molar-refractivity contribution in [3.63, 3.8) is 0 Å². The van der Waals surface area contributed by atoms with Crippen molar-refractivity contribution in [2.45, 2.75) is 24.3 Å². The fourth-order valence-electron chi connectivity index (χ4n) is 1.51. The van der Waals surface area contributed by atoms with Gasteiger partial charge in [0.1, 0.15) is 0 Å². The molecule has 0 saturated carbocycles. The minimum Gasteiger partial charge on any atom is -0.392 e. The van der Waals surface area contributed by atoms with Crippen LogP contribution in [0.25, 0.3) is 0 Å². The number of nitrogens with zero attached hydrogens (tertiary/aromatic N) is 1. The Kier molecular flexibility index (Phi) is 4.18. The molecule has 0 fully saturated rings. The van der Waals surface area contributed by atoms with E-state index in [1.807, 2.05) is 12.1 Å². The van der Waals surface area contributed by atoms with Gasteiger partial charge in [0.25, 0.3) is 0 Å². The summed E-state index contributed by atoms with van der Waals surface area (Å²) in [6.07, 6.45) is 1.72. The number of rotatable bonds is 4. The molecule has 1 heterocycles. The quantitative estimate of drug-likeness (QED) is 0.840. The summed E-state index contributed by atoms with van der Waals surface area (Å²) in [5.74, 6) is 0.929. The molecule has 0 saturated heterocycles. The van der Waals surface area contributed by atoms with Gasteiger partial charge in [-0.3, -0.25) is 0 Å². The van der Waals surface area contributed by atoms with E-state index in [1.165, 1.54) is 11.1 Å². The van der Waals surface area contributed by atoms with E-state index in [1.54, 1.807) is 18.0 Å². The standard InChI is InChI=1S/C14H15NOS/c1-11-4-2-3-5-13(11)10-17-14-7-6-12(9-16)8-15-14/h2-8,16H,9-10H2,1H3. The van der Waals surface area contributed by atoms with Crippen molar-refractivity contribution in [1.82, 2.24) is 4.98 Å². The van der Waals surface area contributed by atoms with Gasteiger partial charge in [0, 0.05) is 11.9 Å². The summed E-state index contributed by atoms with van der Waals surface area (Å²) in [5, 5.41) is 9.92. The molecule has 0 aliphatic carbocycles. The molecule has 2 rings (SSSR count). The van der Waals surface area contributed by atoms with Crippen molar-refractivity contribution in [1.29, 1.82) is 0 Å². The lowest BCUT2D eigenvalue weighted by molar-refractivity contribution is 0.281. The van der Waals surface area contributed by atoms with Crippen LogP contribution in [0.2, 0.25) is 0 Å². The van der Waals surface area contributed by atoms with E-state index >= 15 is 0 Å². The first kappa shape index (κ1) is 12.1. The lowest BCUT2D eigenvalue weighted by Gasteiger charge is -2.05. The first-order chi connectivity index (χ1) is 8.29. The molecule has 1 aromatic carbocycles. The minimum atomic E-state index is 0.0513. The third-order valence-electron chi connectivity index (χ3n) is 2.62. The number of aromatic nitrogens is 1. The monoisotopic (exact) mass is 245 g/mol. The van der Waals surface area contributed by atoms with E-state index in [0.29, 0.717) is 0 Å². The largest absolute Gasteiger partial charge is 0.392 e. The Morgan fingerprint density at radius 3 is 2.65 bits per heavy atom. The van der Waals surface area contributed by atoms with Crippen molar-refractivity contribution < 1.29 is 5.11 Å². The van der Waals surface area contributed by atoms with E-state index < -0.39 is 0 Å². The minimum absolute atomic E-state index is 0.0513. The molecule has 88 valence electrons. The van der Waals surface area contributed by atoms with Gasteiger partial charge in [-0.25, -0.2) is 4.98 Å². The van der Waals surface area contributed by atoms with Crippen LogP contribution in [0.15, 0.2) is 47.6 Å². The molecule has 0 radical (unpaired) electrons. The van der Waals surface area contributed by atoms with Gasteiger partial charge >= 0.3 is 0 Å². The van der Waals surface area contributed by atoms with E-state index in [-0.39, 0.29) is 6.61 Å². The zero-order chi connectivity index (χ0) is 12.1. The number of thioether (sulfide) groups is 1. The highest BCUT2D eigenvalue weighted by Crippen LogP contribution is 2.22. The molecule has 0 atom stereocenters. The first-order valence-corrected chi connectivity index (χ1v) is 6.51. The highest BCUT2D eigenvalue weighted by molar-refractivity contribution is 7.98. The fraction of sp³-hybridized carbons (Fsp3) is 0.214. The summed E-state index contributed by atoms with van der Waals surface area (Å²) >= 11 is 1.71. The van der Waals surface area contributed by atoms with Crippen molar-refractivity contribution in [2.75, 3.05) is 0 Å². The summed E-state index contributed by atoms with van der Waals surface area (Å²) in [6.45, 7) is 2.17. The second-order valence-electron chi connectivity index (χ2n) is 3.88. The molecule has 2 aromatic rings. The van der Waals surface area contributed by atoms with Crippen molar-refractivity contribution in [2.24, 2.45) is 0 Å². The van der Waals surface area contributed by atoms with E-state index in [9.17, 15) is 0 Å². The Morgan fingerprint density at radius 1 is 1.18 bits per heavy atom. The summed E-state index contributed by atoms with van der Waals surface area (Å²) in [5.41, 5.74) is 3.50. The predicted octanol–water partition coefficient (Wildman–Crippen LogP) is 3.17. The summed E-state index contributed by atoms with van der Waals surface area (Å²) in [4.78, 5) is 4.30. The third kappa shape index (κ3) is 3.32. The normalized spacial score (nSPS) is 10.5. The Labute approximate surface area is 106 Å². The van der Waals surface area contributed by atoms with Gasteiger partial charge in [0.05, 0.1) is 11.6 Å². The topological polar surface area (TPSA) is 33.1 Å². The lowest BCUT2D eigenvalue weighted by Crippen LogP contribution is -1.88. The zero-order valence-electron chi connectivity index (χ0n) is 9.76. The molecule has 1 N–H and O–H groups in total. The number of hydrogen-bond donors (Lipinski definition) is 1. The Morgan fingerprint density at radius 2 is 2.00 bits per heavy atom. The lowest BCUT2D eigenvalue weighted by atomic mass is 10.1. The van der Waals surface area contributed by atoms with Gasteiger partial charge in [0.15, 0.2) is 0 Å². The maximum absolute atomic E-state index is 8.93. The van der Waals surface area contributed by atoms with Crippen molar-refractivity contribution in [3.05, 3.63) is 59.3 Å². The van der Waals surface area contributed by atoms with Gasteiger partial charge in [-0.15, -0.1) is 11.8 Å². The van der Waals surface area contributed by atoms with Crippen LogP contribution in [0.1, 0.15) is 16.7 Å². The van der Waals surface area contributed by atoms with Crippen LogP contribution in [0.3, 0.4) is 0 Å². The molecule has 0 aliphatic heterocycles. The predicted molar refractivity (Wildman–Crippen MR) is 70.9 cm³/mol. The Hall–Kier alpha value is -1.32. The molecule has 0 bridgehead atoms. The molecule has 17 heavy (non-hydrogen) atoms.